The lowest BCUT2D eigenvalue weighted by Crippen LogP contribution is -2.31. The van der Waals surface area contributed by atoms with E-state index in [0.717, 1.165) is 27.9 Å². The molecule has 1 aliphatic heterocycles. The summed E-state index contributed by atoms with van der Waals surface area (Å²) in [5.74, 6) is 0. The summed E-state index contributed by atoms with van der Waals surface area (Å²) in [5, 5.41) is 14.5. The van der Waals surface area contributed by atoms with E-state index in [1.807, 2.05) is 13.0 Å². The number of anilines is 1. The number of nitrogens with zero attached hydrogens (tertiary/aromatic N) is 1. The molecule has 0 saturated carbocycles. The molecule has 0 amide bonds. The molecule has 4 heteroatoms. The monoisotopic (exact) mass is 308 g/mol. The van der Waals surface area contributed by atoms with Gasteiger partial charge in [-0.25, -0.2) is 0 Å². The van der Waals surface area contributed by atoms with E-state index in [0.29, 0.717) is 0 Å². The van der Waals surface area contributed by atoms with Crippen LogP contribution >= 0.6 is 0 Å². The molecule has 2 aromatic carbocycles. The first kappa shape index (κ1) is 15.3. The van der Waals surface area contributed by atoms with Crippen molar-refractivity contribution < 1.29 is 4.92 Å². The zero-order chi connectivity index (χ0) is 16.8. The molecule has 0 saturated heterocycles. The minimum absolute atomic E-state index is 0.0728. The molecule has 1 aliphatic rings. The zero-order valence-electron chi connectivity index (χ0n) is 13.8. The first-order valence-electron chi connectivity index (χ1n) is 7.64. The van der Waals surface area contributed by atoms with E-state index < -0.39 is 0 Å². The molecule has 0 spiro atoms. The highest BCUT2D eigenvalue weighted by Gasteiger charge is 2.23. The Hall–Kier alpha value is -2.62. The molecule has 23 heavy (non-hydrogen) atoms. The van der Waals surface area contributed by atoms with Gasteiger partial charge < -0.3 is 5.32 Å². The molecule has 118 valence electrons. The molecule has 0 radical (unpaired) electrons. The average molecular weight is 308 g/mol. The van der Waals surface area contributed by atoms with Crippen LogP contribution in [0.15, 0.2) is 42.5 Å². The van der Waals surface area contributed by atoms with Crippen molar-refractivity contribution in [1.82, 2.24) is 0 Å². The van der Waals surface area contributed by atoms with Gasteiger partial charge in [0.15, 0.2) is 0 Å². The third-order valence-corrected chi connectivity index (χ3v) is 4.19. The molecule has 4 nitrogen and oxygen atoms in total. The highest BCUT2D eigenvalue weighted by atomic mass is 16.6. The Labute approximate surface area is 136 Å². The Balaban J connectivity index is 2.15. The predicted octanol–water partition coefficient (Wildman–Crippen LogP) is 5.18. The standard InChI is InChI=1S/C19H20N2O2/c1-12-8-18-17(13(2)11-19(3,4)20-18)10-16(12)14-6-5-7-15(9-14)21(22)23/h5-11,20H,1-4H3. The maximum absolute atomic E-state index is 11.0. The van der Waals surface area contributed by atoms with Crippen molar-refractivity contribution in [3.05, 3.63) is 63.7 Å². The van der Waals surface area contributed by atoms with Crippen LogP contribution < -0.4 is 5.32 Å². The first-order chi connectivity index (χ1) is 10.8. The number of fused-ring (bicyclic) bond motifs is 1. The van der Waals surface area contributed by atoms with Gasteiger partial charge in [0.2, 0.25) is 0 Å². The van der Waals surface area contributed by atoms with Crippen molar-refractivity contribution in [2.75, 3.05) is 5.32 Å². The van der Waals surface area contributed by atoms with Crippen molar-refractivity contribution in [3.8, 4) is 11.1 Å². The number of nitro groups is 1. The molecular weight excluding hydrogens is 288 g/mol. The molecular formula is C19H20N2O2. The Morgan fingerprint density at radius 2 is 1.83 bits per heavy atom. The van der Waals surface area contributed by atoms with Gasteiger partial charge in [0.25, 0.3) is 5.69 Å². The Morgan fingerprint density at radius 3 is 2.52 bits per heavy atom. The van der Waals surface area contributed by atoms with E-state index in [1.165, 1.54) is 11.6 Å². The largest absolute Gasteiger partial charge is 0.376 e. The highest BCUT2D eigenvalue weighted by molar-refractivity contribution is 5.85. The molecule has 0 unspecified atom stereocenters. The number of nitro benzene ring substituents is 1. The van der Waals surface area contributed by atoms with Crippen LogP contribution in [0, 0.1) is 17.0 Å². The molecule has 3 rings (SSSR count). The van der Waals surface area contributed by atoms with Crippen LogP contribution in [0.1, 0.15) is 31.9 Å². The number of rotatable bonds is 2. The summed E-state index contributed by atoms with van der Waals surface area (Å²) in [6.07, 6.45) is 2.21. The molecule has 0 aromatic heterocycles. The van der Waals surface area contributed by atoms with E-state index in [1.54, 1.807) is 12.1 Å². The van der Waals surface area contributed by atoms with Gasteiger partial charge in [-0.15, -0.1) is 0 Å². The number of hydrogen-bond donors (Lipinski definition) is 1. The number of aryl methyl sites for hydroxylation is 1. The first-order valence-corrected chi connectivity index (χ1v) is 7.64. The fourth-order valence-electron chi connectivity index (χ4n) is 3.24. The number of allylic oxidation sites excluding steroid dienone is 1. The molecule has 2 aromatic rings. The Morgan fingerprint density at radius 1 is 1.09 bits per heavy atom. The molecule has 0 fully saturated rings. The predicted molar refractivity (Wildman–Crippen MR) is 94.6 cm³/mol. The topological polar surface area (TPSA) is 55.2 Å². The van der Waals surface area contributed by atoms with Gasteiger partial charge in [0.05, 0.1) is 10.5 Å². The van der Waals surface area contributed by atoms with E-state index in [9.17, 15) is 10.1 Å². The van der Waals surface area contributed by atoms with Crippen molar-refractivity contribution >= 4 is 16.9 Å². The van der Waals surface area contributed by atoms with Crippen molar-refractivity contribution in [2.24, 2.45) is 0 Å². The second-order valence-electron chi connectivity index (χ2n) is 6.69. The average Bonchev–Trinajstić information content (AvgIpc) is 2.45. The number of nitrogens with one attached hydrogen (secondary N) is 1. The van der Waals surface area contributed by atoms with Crippen molar-refractivity contribution in [1.29, 1.82) is 0 Å². The minimum atomic E-state index is -0.355. The van der Waals surface area contributed by atoms with Gasteiger partial charge in [0, 0.05) is 23.4 Å². The van der Waals surface area contributed by atoms with Crippen LogP contribution in [0.5, 0.6) is 0 Å². The van der Waals surface area contributed by atoms with Gasteiger partial charge in [-0.3, -0.25) is 10.1 Å². The number of benzene rings is 2. The summed E-state index contributed by atoms with van der Waals surface area (Å²) in [6.45, 7) is 8.43. The molecule has 0 aliphatic carbocycles. The van der Waals surface area contributed by atoms with Crippen LogP contribution in [0.3, 0.4) is 0 Å². The minimum Gasteiger partial charge on any atom is -0.376 e. The van der Waals surface area contributed by atoms with Gasteiger partial charge in [-0.05, 0) is 62.1 Å². The summed E-state index contributed by atoms with van der Waals surface area (Å²) >= 11 is 0. The summed E-state index contributed by atoms with van der Waals surface area (Å²) in [5.41, 5.74) is 6.53. The van der Waals surface area contributed by atoms with Crippen LogP contribution in [0.4, 0.5) is 11.4 Å². The summed E-state index contributed by atoms with van der Waals surface area (Å²) in [7, 11) is 0. The third kappa shape index (κ3) is 2.84. The molecule has 1 N–H and O–H groups in total. The second kappa shape index (κ2) is 5.23. The summed E-state index contributed by atoms with van der Waals surface area (Å²) < 4.78 is 0. The lowest BCUT2D eigenvalue weighted by molar-refractivity contribution is -0.384. The van der Waals surface area contributed by atoms with Crippen LogP contribution in [0.25, 0.3) is 16.7 Å². The van der Waals surface area contributed by atoms with Crippen molar-refractivity contribution in [3.63, 3.8) is 0 Å². The second-order valence-corrected chi connectivity index (χ2v) is 6.69. The van der Waals surface area contributed by atoms with E-state index in [2.05, 4.69) is 44.3 Å². The SMILES string of the molecule is CC1=CC(C)(C)Nc2cc(C)c(-c3cccc([N+](=O)[O-])c3)cc21. The summed E-state index contributed by atoms with van der Waals surface area (Å²) in [6, 6.07) is 11.1. The summed E-state index contributed by atoms with van der Waals surface area (Å²) in [4.78, 5) is 10.7. The van der Waals surface area contributed by atoms with E-state index >= 15 is 0 Å². The zero-order valence-corrected chi connectivity index (χ0v) is 13.8. The number of hydrogen-bond acceptors (Lipinski definition) is 3. The Bertz CT molecular complexity index is 835. The normalized spacial score (nSPS) is 15.4. The highest BCUT2D eigenvalue weighted by Crippen LogP contribution is 2.38. The number of non-ortho nitro benzene ring substituents is 1. The Kier molecular flexibility index (Phi) is 3.48. The van der Waals surface area contributed by atoms with Gasteiger partial charge in [-0.1, -0.05) is 18.2 Å². The molecule has 1 heterocycles. The molecule has 0 atom stereocenters. The van der Waals surface area contributed by atoms with E-state index in [-0.39, 0.29) is 16.1 Å². The van der Waals surface area contributed by atoms with Crippen LogP contribution in [-0.2, 0) is 0 Å². The lowest BCUT2D eigenvalue weighted by atomic mass is 9.87. The van der Waals surface area contributed by atoms with E-state index in [4.69, 9.17) is 0 Å². The maximum atomic E-state index is 11.0. The fourth-order valence-corrected chi connectivity index (χ4v) is 3.24. The van der Waals surface area contributed by atoms with Gasteiger partial charge in [0.1, 0.15) is 0 Å². The smallest absolute Gasteiger partial charge is 0.270 e. The van der Waals surface area contributed by atoms with Crippen LogP contribution in [0.2, 0.25) is 0 Å². The van der Waals surface area contributed by atoms with Crippen molar-refractivity contribution in [2.45, 2.75) is 33.2 Å². The molecule has 0 bridgehead atoms. The quantitative estimate of drug-likeness (QED) is 0.614. The van der Waals surface area contributed by atoms with Gasteiger partial charge in [-0.2, -0.15) is 0 Å². The van der Waals surface area contributed by atoms with Gasteiger partial charge >= 0.3 is 0 Å². The van der Waals surface area contributed by atoms with Crippen LogP contribution in [-0.4, -0.2) is 10.5 Å². The third-order valence-electron chi connectivity index (χ3n) is 4.19. The maximum Gasteiger partial charge on any atom is 0.270 e. The fraction of sp³-hybridized carbons (Fsp3) is 0.263. The lowest BCUT2D eigenvalue weighted by Gasteiger charge is -2.32.